The Morgan fingerprint density at radius 1 is 1.38 bits per heavy atom. The van der Waals surface area contributed by atoms with Crippen molar-refractivity contribution in [1.29, 1.82) is 0 Å². The number of rotatable bonds is 6. The van der Waals surface area contributed by atoms with Gasteiger partial charge in [-0.05, 0) is 38.6 Å². The predicted molar refractivity (Wildman–Crippen MR) is 112 cm³/mol. The van der Waals surface area contributed by atoms with Crippen molar-refractivity contribution in [1.82, 2.24) is 15.5 Å². The lowest BCUT2D eigenvalue weighted by Crippen LogP contribution is -2.43. The summed E-state index contributed by atoms with van der Waals surface area (Å²) in [6.45, 7) is -0.920. The fourth-order valence-corrected chi connectivity index (χ4v) is 3.40. The Bertz CT molecular complexity index is 622. The summed E-state index contributed by atoms with van der Waals surface area (Å²) in [5, 5.41) is 6.70. The molecule has 1 saturated heterocycles. The number of nitrogens with one attached hydrogen (secondary N) is 2. The van der Waals surface area contributed by atoms with Crippen LogP contribution in [0.3, 0.4) is 0 Å². The molecule has 2 rings (SSSR count). The molecule has 1 aromatic rings. The van der Waals surface area contributed by atoms with Gasteiger partial charge < -0.3 is 20.3 Å². The molecular weight excluding hydrogens is 500 g/mol. The van der Waals surface area contributed by atoms with Crippen molar-refractivity contribution in [2.24, 2.45) is 4.99 Å². The van der Waals surface area contributed by atoms with Gasteiger partial charge in [-0.2, -0.15) is 8.78 Å². The number of guanidine groups is 1. The Kier molecular flexibility index (Phi) is 10.2. The third-order valence-electron chi connectivity index (χ3n) is 4.14. The fourth-order valence-electron chi connectivity index (χ4n) is 2.82. The number of alkyl halides is 2. The summed E-state index contributed by atoms with van der Waals surface area (Å²) in [6, 6.07) is 3.36. The van der Waals surface area contributed by atoms with Crippen molar-refractivity contribution in [2.45, 2.75) is 32.0 Å². The van der Waals surface area contributed by atoms with Gasteiger partial charge in [0.1, 0.15) is 5.75 Å². The van der Waals surface area contributed by atoms with E-state index in [0.29, 0.717) is 22.6 Å². The molecule has 1 atom stereocenters. The van der Waals surface area contributed by atoms with Crippen LogP contribution in [0.25, 0.3) is 0 Å². The molecule has 1 heterocycles. The molecule has 0 amide bonds. The molecule has 0 saturated carbocycles. The molecule has 148 valence electrons. The third kappa shape index (κ3) is 6.86. The minimum absolute atomic E-state index is 0. The molecular formula is C16H23Cl2F2IN4O. The van der Waals surface area contributed by atoms with E-state index >= 15 is 0 Å². The van der Waals surface area contributed by atoms with E-state index < -0.39 is 6.61 Å². The molecule has 1 unspecified atom stereocenters. The normalized spacial score (nSPS) is 18.0. The maximum absolute atomic E-state index is 12.6. The molecule has 0 spiro atoms. The molecule has 1 aromatic carbocycles. The first kappa shape index (κ1) is 23.5. The second kappa shape index (κ2) is 11.3. The first-order valence-electron chi connectivity index (χ1n) is 7.98. The van der Waals surface area contributed by atoms with Crippen LogP contribution in [0.1, 0.15) is 18.4 Å². The van der Waals surface area contributed by atoms with Crippen LogP contribution in [0.2, 0.25) is 10.0 Å². The molecule has 0 aliphatic carbocycles. The molecule has 0 bridgehead atoms. The van der Waals surface area contributed by atoms with Gasteiger partial charge in [0.25, 0.3) is 0 Å². The maximum Gasteiger partial charge on any atom is 0.387 e. The van der Waals surface area contributed by atoms with Crippen LogP contribution in [0.15, 0.2) is 17.1 Å². The van der Waals surface area contributed by atoms with Gasteiger partial charge in [0.05, 0.1) is 5.02 Å². The molecule has 1 aliphatic rings. The SMILES string of the molecule is CN=C(NCc1cc(Cl)cc(Cl)c1OC(F)F)NCC1CCCN1C.I. The lowest BCUT2D eigenvalue weighted by molar-refractivity contribution is -0.0504. The van der Waals surface area contributed by atoms with Crippen LogP contribution in [-0.2, 0) is 6.54 Å². The van der Waals surface area contributed by atoms with Crippen molar-refractivity contribution >= 4 is 53.1 Å². The Balaban J connectivity index is 0.00000338. The van der Waals surface area contributed by atoms with E-state index in [2.05, 4.69) is 32.3 Å². The highest BCUT2D eigenvalue weighted by molar-refractivity contribution is 14.0. The van der Waals surface area contributed by atoms with Crippen LogP contribution in [0.4, 0.5) is 8.78 Å². The standard InChI is InChI=1S/C16H22Cl2F2N4O.HI/c1-21-16(23-9-12-4-3-5-24(12)2)22-8-10-6-11(17)7-13(18)14(10)25-15(19)20;/h6-7,12,15H,3-5,8-9H2,1-2H3,(H2,21,22,23);1H. The average molecular weight is 523 g/mol. The van der Waals surface area contributed by atoms with E-state index in [1.165, 1.54) is 18.6 Å². The topological polar surface area (TPSA) is 48.9 Å². The van der Waals surface area contributed by atoms with Crippen LogP contribution in [-0.4, -0.2) is 50.7 Å². The quantitative estimate of drug-likeness (QED) is 0.337. The second-order valence-corrected chi connectivity index (χ2v) is 6.68. The molecule has 10 heteroatoms. The fraction of sp³-hybridized carbons (Fsp3) is 0.562. The molecule has 0 aromatic heterocycles. The number of halogens is 5. The lowest BCUT2D eigenvalue weighted by Gasteiger charge is -2.21. The van der Waals surface area contributed by atoms with E-state index in [9.17, 15) is 8.78 Å². The number of benzene rings is 1. The zero-order valence-electron chi connectivity index (χ0n) is 14.6. The first-order chi connectivity index (χ1) is 11.9. The van der Waals surface area contributed by atoms with E-state index in [-0.39, 0.29) is 41.3 Å². The Labute approximate surface area is 179 Å². The van der Waals surface area contributed by atoms with Gasteiger partial charge in [0.15, 0.2) is 5.96 Å². The highest BCUT2D eigenvalue weighted by Gasteiger charge is 2.21. The highest BCUT2D eigenvalue weighted by atomic mass is 127. The summed E-state index contributed by atoms with van der Waals surface area (Å²) >= 11 is 11.9. The summed E-state index contributed by atoms with van der Waals surface area (Å²) in [6.07, 6.45) is 2.32. The van der Waals surface area contributed by atoms with Crippen LogP contribution in [0.5, 0.6) is 5.75 Å². The second-order valence-electron chi connectivity index (χ2n) is 5.84. The summed E-state index contributed by atoms with van der Waals surface area (Å²) < 4.78 is 29.7. The minimum Gasteiger partial charge on any atom is -0.433 e. The van der Waals surface area contributed by atoms with Crippen molar-refractivity contribution < 1.29 is 13.5 Å². The number of hydrogen-bond donors (Lipinski definition) is 2. The number of hydrogen-bond acceptors (Lipinski definition) is 3. The van der Waals surface area contributed by atoms with Gasteiger partial charge in [-0.1, -0.05) is 23.2 Å². The molecule has 5 nitrogen and oxygen atoms in total. The summed E-state index contributed by atoms with van der Waals surface area (Å²) in [4.78, 5) is 6.44. The monoisotopic (exact) mass is 522 g/mol. The molecule has 2 N–H and O–H groups in total. The van der Waals surface area contributed by atoms with E-state index in [1.54, 1.807) is 7.05 Å². The largest absolute Gasteiger partial charge is 0.433 e. The molecule has 1 fully saturated rings. The van der Waals surface area contributed by atoms with Gasteiger partial charge in [-0.3, -0.25) is 4.99 Å². The first-order valence-corrected chi connectivity index (χ1v) is 8.73. The van der Waals surface area contributed by atoms with Crippen LogP contribution >= 0.6 is 47.2 Å². The van der Waals surface area contributed by atoms with Crippen molar-refractivity contribution in [2.75, 3.05) is 27.2 Å². The van der Waals surface area contributed by atoms with E-state index in [1.807, 2.05) is 0 Å². The van der Waals surface area contributed by atoms with Gasteiger partial charge in [0, 0.05) is 36.8 Å². The van der Waals surface area contributed by atoms with E-state index in [4.69, 9.17) is 23.2 Å². The molecule has 0 radical (unpaired) electrons. The summed E-state index contributed by atoms with van der Waals surface area (Å²) in [5.74, 6) is 0.485. The number of aliphatic imine (C=N–C) groups is 1. The molecule has 1 aliphatic heterocycles. The third-order valence-corrected chi connectivity index (χ3v) is 4.64. The van der Waals surface area contributed by atoms with Crippen LogP contribution < -0.4 is 15.4 Å². The smallest absolute Gasteiger partial charge is 0.387 e. The van der Waals surface area contributed by atoms with Gasteiger partial charge in [0.2, 0.25) is 0 Å². The minimum atomic E-state index is -2.97. The maximum atomic E-state index is 12.6. The Morgan fingerprint density at radius 2 is 2.12 bits per heavy atom. The van der Waals surface area contributed by atoms with Crippen LogP contribution in [0, 0.1) is 0 Å². The average Bonchev–Trinajstić information content (AvgIpc) is 2.95. The van der Waals surface area contributed by atoms with E-state index in [0.717, 1.165) is 19.5 Å². The Hall–Kier alpha value is -0.580. The van der Waals surface area contributed by atoms with Gasteiger partial charge >= 0.3 is 6.61 Å². The zero-order valence-corrected chi connectivity index (χ0v) is 18.4. The number of ether oxygens (including phenoxy) is 1. The summed E-state index contributed by atoms with van der Waals surface area (Å²) in [5.41, 5.74) is 0.429. The number of likely N-dealkylation sites (N-methyl/N-ethyl adjacent to an activating group) is 1. The van der Waals surface area contributed by atoms with Crippen molar-refractivity contribution in [3.63, 3.8) is 0 Å². The van der Waals surface area contributed by atoms with Crippen molar-refractivity contribution in [3.05, 3.63) is 27.7 Å². The zero-order chi connectivity index (χ0) is 18.4. The predicted octanol–water partition coefficient (Wildman–Crippen LogP) is 3.97. The Morgan fingerprint density at radius 3 is 2.69 bits per heavy atom. The van der Waals surface area contributed by atoms with Crippen molar-refractivity contribution in [3.8, 4) is 5.75 Å². The van der Waals surface area contributed by atoms with Gasteiger partial charge in [-0.15, -0.1) is 24.0 Å². The lowest BCUT2D eigenvalue weighted by atomic mass is 10.2. The number of likely N-dealkylation sites (tertiary alicyclic amines) is 1. The highest BCUT2D eigenvalue weighted by Crippen LogP contribution is 2.33. The number of nitrogens with zero attached hydrogens (tertiary/aromatic N) is 2. The molecule has 26 heavy (non-hydrogen) atoms. The summed E-state index contributed by atoms with van der Waals surface area (Å²) in [7, 11) is 3.74. The van der Waals surface area contributed by atoms with Gasteiger partial charge in [-0.25, -0.2) is 0 Å².